The molecule has 0 saturated carbocycles. The molecule has 0 radical (unpaired) electrons. The van der Waals surface area contributed by atoms with Gasteiger partial charge in [0, 0.05) is 24.9 Å². The summed E-state index contributed by atoms with van der Waals surface area (Å²) in [6.07, 6.45) is 1.47. The largest absolute Gasteiger partial charge is 0.416 e. The van der Waals surface area contributed by atoms with Crippen LogP contribution in [0.3, 0.4) is 0 Å². The van der Waals surface area contributed by atoms with Crippen molar-refractivity contribution in [2.75, 3.05) is 7.05 Å². The van der Waals surface area contributed by atoms with Crippen molar-refractivity contribution >= 4 is 17.3 Å². The van der Waals surface area contributed by atoms with Crippen LogP contribution in [-0.2, 0) is 4.74 Å². The van der Waals surface area contributed by atoms with Gasteiger partial charge in [0.2, 0.25) is 11.4 Å². The molecule has 20 heavy (non-hydrogen) atoms. The molecule has 0 unspecified atom stereocenters. The number of allylic oxidation sites excluding steroid dienone is 1. The highest BCUT2D eigenvalue weighted by atomic mass is 35.5. The number of pyridine rings is 1. The fourth-order valence-electron chi connectivity index (χ4n) is 1.43. The maximum absolute atomic E-state index is 12.3. The first-order valence-electron chi connectivity index (χ1n) is 5.60. The van der Waals surface area contributed by atoms with Gasteiger partial charge >= 0.3 is 6.61 Å². The summed E-state index contributed by atoms with van der Waals surface area (Å²) in [6, 6.07) is 2.91. The Morgan fingerprint density at radius 3 is 2.55 bits per heavy atom. The summed E-state index contributed by atoms with van der Waals surface area (Å²) in [5, 5.41) is 5.23. The van der Waals surface area contributed by atoms with E-state index in [1.54, 1.807) is 13.0 Å². The van der Waals surface area contributed by atoms with E-state index in [1.807, 2.05) is 0 Å². The minimum atomic E-state index is -3.00. The molecule has 0 aliphatic rings. The smallest absolute Gasteiger partial charge is 0.388 e. The van der Waals surface area contributed by atoms with Crippen LogP contribution in [0.5, 0.6) is 0 Å². The minimum Gasteiger partial charge on any atom is -0.416 e. The number of hydrazone groups is 1. The monoisotopic (exact) mass is 305 g/mol. The van der Waals surface area contributed by atoms with Crippen molar-refractivity contribution < 1.29 is 13.5 Å². The van der Waals surface area contributed by atoms with Crippen molar-refractivity contribution in [1.29, 1.82) is 0 Å². The molecule has 1 N–H and O–H groups in total. The topological polar surface area (TPSA) is 57.7 Å². The van der Waals surface area contributed by atoms with Gasteiger partial charge in [-0.3, -0.25) is 4.79 Å². The highest BCUT2D eigenvalue weighted by Crippen LogP contribution is 2.18. The Hall–Kier alpha value is -1.89. The molecule has 0 bridgehead atoms. The Morgan fingerprint density at radius 2 is 2.10 bits per heavy atom. The van der Waals surface area contributed by atoms with Crippen LogP contribution in [0.2, 0.25) is 0 Å². The zero-order valence-corrected chi connectivity index (χ0v) is 11.9. The summed E-state index contributed by atoms with van der Waals surface area (Å²) in [5.41, 5.74) is 0.894. The second kappa shape index (κ2) is 7.04. The number of aromatic nitrogens is 1. The van der Waals surface area contributed by atoms with Crippen molar-refractivity contribution in [3.05, 3.63) is 45.2 Å². The lowest BCUT2D eigenvalue weighted by Gasteiger charge is -2.19. The van der Waals surface area contributed by atoms with Crippen LogP contribution in [0, 0.1) is 0 Å². The van der Waals surface area contributed by atoms with E-state index in [4.69, 9.17) is 11.6 Å². The normalized spacial score (nSPS) is 13.2. The summed E-state index contributed by atoms with van der Waals surface area (Å²) in [7, 11) is 1.43. The number of H-pyrrole nitrogens is 1. The van der Waals surface area contributed by atoms with E-state index in [9.17, 15) is 13.6 Å². The van der Waals surface area contributed by atoms with E-state index in [-0.39, 0.29) is 16.5 Å². The number of halogens is 3. The molecule has 0 spiro atoms. The summed E-state index contributed by atoms with van der Waals surface area (Å²) in [5.74, 6) is -0.245. The summed E-state index contributed by atoms with van der Waals surface area (Å²) < 4.78 is 28.9. The van der Waals surface area contributed by atoms with Gasteiger partial charge in [0.15, 0.2) is 0 Å². The van der Waals surface area contributed by atoms with Gasteiger partial charge in [-0.25, -0.2) is 5.01 Å². The van der Waals surface area contributed by atoms with E-state index in [1.165, 1.54) is 26.2 Å². The third-order valence-electron chi connectivity index (χ3n) is 2.29. The van der Waals surface area contributed by atoms with Crippen molar-refractivity contribution in [1.82, 2.24) is 9.99 Å². The fraction of sp³-hybridized carbons (Fsp3) is 0.333. The second-order valence-corrected chi connectivity index (χ2v) is 4.43. The summed E-state index contributed by atoms with van der Waals surface area (Å²) >= 11 is 5.70. The lowest BCUT2D eigenvalue weighted by atomic mass is 10.2. The summed E-state index contributed by atoms with van der Waals surface area (Å²) in [4.78, 5) is 13.4. The van der Waals surface area contributed by atoms with Gasteiger partial charge in [-0.05, 0) is 19.9 Å². The van der Waals surface area contributed by atoms with Crippen LogP contribution in [0.15, 0.2) is 39.1 Å². The van der Waals surface area contributed by atoms with Gasteiger partial charge in [0.1, 0.15) is 0 Å². The molecule has 0 saturated heterocycles. The van der Waals surface area contributed by atoms with Crippen LogP contribution >= 0.6 is 11.6 Å². The van der Waals surface area contributed by atoms with E-state index >= 15 is 0 Å². The molecular formula is C12H14ClF2N3O2. The van der Waals surface area contributed by atoms with Gasteiger partial charge in [-0.15, -0.1) is 0 Å². The first-order chi connectivity index (χ1) is 9.31. The van der Waals surface area contributed by atoms with Gasteiger partial charge in [0.25, 0.3) is 0 Å². The molecule has 0 fully saturated rings. The lowest BCUT2D eigenvalue weighted by Crippen LogP contribution is -2.19. The third kappa shape index (κ3) is 4.65. The fourth-order valence-corrected chi connectivity index (χ4v) is 1.60. The molecule has 5 nitrogen and oxygen atoms in total. The quantitative estimate of drug-likeness (QED) is 0.517. The Bertz CT molecular complexity index is 560. The van der Waals surface area contributed by atoms with E-state index in [0.717, 1.165) is 5.01 Å². The molecule has 1 heterocycles. The lowest BCUT2D eigenvalue weighted by molar-refractivity contribution is -0.116. The Labute approximate surface area is 119 Å². The van der Waals surface area contributed by atoms with E-state index in [0.29, 0.717) is 11.3 Å². The Morgan fingerprint density at radius 1 is 1.45 bits per heavy atom. The van der Waals surface area contributed by atoms with Crippen molar-refractivity contribution in [3.63, 3.8) is 0 Å². The number of alkyl halides is 2. The Kier molecular flexibility index (Phi) is 5.69. The van der Waals surface area contributed by atoms with Gasteiger partial charge in [-0.2, -0.15) is 13.9 Å². The van der Waals surface area contributed by atoms with Crippen LogP contribution in [0.25, 0.3) is 0 Å². The van der Waals surface area contributed by atoms with Gasteiger partial charge in [0.05, 0.1) is 10.7 Å². The highest BCUT2D eigenvalue weighted by Gasteiger charge is 2.14. The van der Waals surface area contributed by atoms with E-state index < -0.39 is 6.61 Å². The average molecular weight is 306 g/mol. The first kappa shape index (κ1) is 16.2. The molecule has 0 aromatic carbocycles. The van der Waals surface area contributed by atoms with E-state index in [2.05, 4.69) is 14.8 Å². The average Bonchev–Trinajstić information content (AvgIpc) is 2.35. The zero-order chi connectivity index (χ0) is 15.3. The minimum absolute atomic E-state index is 0.0471. The third-order valence-corrected chi connectivity index (χ3v) is 2.45. The molecule has 1 aromatic rings. The molecule has 110 valence electrons. The second-order valence-electron chi connectivity index (χ2n) is 3.87. The first-order valence-corrected chi connectivity index (χ1v) is 5.98. The van der Waals surface area contributed by atoms with Gasteiger partial charge < -0.3 is 9.72 Å². The number of rotatable bonds is 5. The van der Waals surface area contributed by atoms with Crippen LogP contribution < -0.4 is 5.56 Å². The summed E-state index contributed by atoms with van der Waals surface area (Å²) in [6.45, 7) is 0.0821. The molecule has 1 aromatic heterocycles. The number of nitrogens with one attached hydrogen (secondary N) is 1. The maximum Gasteiger partial charge on any atom is 0.388 e. The standard InChI is InChI=1S/C12H14ClF2N3O2/c1-7(13)11(20-12(14)15)18(3)17-8(2)9-4-5-10(19)16-6-9/h4-6,12H,1-3H3,(H,16,19)/b11-7-,17-8+. The molecule has 0 aliphatic carbocycles. The van der Waals surface area contributed by atoms with Crippen molar-refractivity contribution in [2.24, 2.45) is 5.10 Å². The van der Waals surface area contributed by atoms with Crippen molar-refractivity contribution in [2.45, 2.75) is 20.5 Å². The maximum atomic E-state index is 12.3. The molecular weight excluding hydrogens is 292 g/mol. The molecule has 0 aliphatic heterocycles. The predicted molar refractivity (Wildman–Crippen MR) is 72.7 cm³/mol. The van der Waals surface area contributed by atoms with Crippen LogP contribution in [0.1, 0.15) is 19.4 Å². The number of aromatic amines is 1. The molecule has 0 atom stereocenters. The number of ether oxygens (including phenoxy) is 1. The van der Waals surface area contributed by atoms with Crippen LogP contribution in [-0.4, -0.2) is 29.4 Å². The Balaban J connectivity index is 2.99. The predicted octanol–water partition coefficient (Wildman–Crippen LogP) is 2.70. The number of nitrogens with zero attached hydrogens (tertiary/aromatic N) is 2. The zero-order valence-electron chi connectivity index (χ0n) is 11.2. The highest BCUT2D eigenvalue weighted by molar-refractivity contribution is 6.29. The number of hydrogen-bond donors (Lipinski definition) is 1. The molecule has 8 heteroatoms. The van der Waals surface area contributed by atoms with Gasteiger partial charge in [-0.1, -0.05) is 11.6 Å². The SMILES string of the molecule is C/C(Cl)=C(/OC(F)F)N(C)/N=C(\C)c1ccc(=O)[nH]c1. The van der Waals surface area contributed by atoms with Crippen LogP contribution in [0.4, 0.5) is 8.78 Å². The molecule has 1 rings (SSSR count). The number of hydrogen-bond acceptors (Lipinski definition) is 4. The van der Waals surface area contributed by atoms with Crippen molar-refractivity contribution in [3.8, 4) is 0 Å². The molecule has 0 amide bonds.